The number of aliphatic carboxylic acids is 2. The summed E-state index contributed by atoms with van der Waals surface area (Å²) in [6, 6.07) is 0. The highest BCUT2D eigenvalue weighted by Crippen LogP contribution is 2.74. The SMILES string of the molecule is CC(C(=O)O)C(=O)O[C@H]1CC[C@]2(C)C3=CC=C4[C@@H]5[C@@H](C)[C@H](C)CC[C@]5(C(=O)O)CC[C@@]4(C)[C@]3(C)CC[C@H]2C1(C)C. The van der Waals surface area contributed by atoms with Crippen molar-refractivity contribution >= 4 is 17.9 Å². The van der Waals surface area contributed by atoms with Crippen LogP contribution in [-0.4, -0.2) is 34.2 Å². The van der Waals surface area contributed by atoms with Crippen LogP contribution in [0.5, 0.6) is 0 Å². The summed E-state index contributed by atoms with van der Waals surface area (Å²) in [6.07, 6.45) is 11.4. The Hall–Kier alpha value is -2.11. The van der Waals surface area contributed by atoms with Crippen LogP contribution in [0, 0.1) is 56.7 Å². The molecule has 40 heavy (non-hydrogen) atoms. The van der Waals surface area contributed by atoms with Crippen LogP contribution in [0.25, 0.3) is 0 Å². The minimum absolute atomic E-state index is 0.0647. The maximum atomic E-state index is 12.9. The third-order valence-electron chi connectivity index (χ3n) is 13.7. The molecule has 0 aromatic carbocycles. The van der Waals surface area contributed by atoms with E-state index >= 15 is 0 Å². The maximum Gasteiger partial charge on any atom is 0.320 e. The molecule has 0 saturated heterocycles. The Bertz CT molecular complexity index is 1180. The lowest BCUT2D eigenvalue weighted by Gasteiger charge is -2.68. The molecule has 0 bridgehead atoms. The van der Waals surface area contributed by atoms with Crippen molar-refractivity contribution in [3.63, 3.8) is 0 Å². The van der Waals surface area contributed by atoms with E-state index in [1.54, 1.807) is 0 Å². The van der Waals surface area contributed by atoms with Crippen LogP contribution in [0.15, 0.2) is 23.3 Å². The number of ether oxygens (including phenoxy) is 1. The number of carboxylic acid groups (broad SMARTS) is 2. The van der Waals surface area contributed by atoms with Gasteiger partial charge in [0.05, 0.1) is 5.41 Å². The van der Waals surface area contributed by atoms with Crippen molar-refractivity contribution < 1.29 is 29.3 Å². The summed E-state index contributed by atoms with van der Waals surface area (Å²) in [5, 5.41) is 19.9. The zero-order chi connectivity index (χ0) is 29.6. The summed E-state index contributed by atoms with van der Waals surface area (Å²) in [5.41, 5.74) is 1.67. The molecular formula is C34H50O6. The summed E-state index contributed by atoms with van der Waals surface area (Å²) in [6.45, 7) is 17.6. The molecule has 2 N–H and O–H groups in total. The summed E-state index contributed by atoms with van der Waals surface area (Å²) in [7, 11) is 0. The third-order valence-corrected chi connectivity index (χ3v) is 13.7. The zero-order valence-electron chi connectivity index (χ0n) is 25.8. The van der Waals surface area contributed by atoms with E-state index in [2.05, 4.69) is 60.6 Å². The Balaban J connectivity index is 1.54. The topological polar surface area (TPSA) is 101 Å². The maximum absolute atomic E-state index is 12.9. The molecule has 1 unspecified atom stereocenters. The van der Waals surface area contributed by atoms with Crippen LogP contribution in [0.4, 0.5) is 0 Å². The monoisotopic (exact) mass is 554 g/mol. The lowest BCUT2D eigenvalue weighted by atomic mass is 9.35. The molecular weight excluding hydrogens is 504 g/mol. The number of hydrogen-bond donors (Lipinski definition) is 2. The highest BCUT2D eigenvalue weighted by molar-refractivity contribution is 5.93. The molecule has 0 aliphatic heterocycles. The second-order valence-corrected chi connectivity index (χ2v) is 15.5. The number of hydrogen-bond acceptors (Lipinski definition) is 4. The Morgan fingerprint density at radius 3 is 2.17 bits per heavy atom. The highest BCUT2D eigenvalue weighted by Gasteiger charge is 2.68. The minimum atomic E-state index is -1.17. The van der Waals surface area contributed by atoms with Crippen molar-refractivity contribution in [2.24, 2.45) is 56.7 Å². The second kappa shape index (κ2) is 9.19. The quantitative estimate of drug-likeness (QED) is 0.280. The van der Waals surface area contributed by atoms with E-state index in [0.29, 0.717) is 24.2 Å². The molecule has 5 aliphatic carbocycles. The molecule has 0 radical (unpaired) electrons. The van der Waals surface area contributed by atoms with Gasteiger partial charge in [0.15, 0.2) is 5.92 Å². The van der Waals surface area contributed by atoms with Gasteiger partial charge in [-0.15, -0.1) is 0 Å². The van der Waals surface area contributed by atoms with Crippen LogP contribution in [0.2, 0.25) is 0 Å². The molecule has 0 spiro atoms. The highest BCUT2D eigenvalue weighted by atomic mass is 16.5. The summed E-state index contributed by atoms with van der Waals surface area (Å²) in [4.78, 5) is 36.9. The molecule has 4 fully saturated rings. The molecule has 0 heterocycles. The molecule has 6 heteroatoms. The molecule has 6 nitrogen and oxygen atoms in total. The fraction of sp³-hybridized carbons (Fsp3) is 0.794. The lowest BCUT2D eigenvalue weighted by molar-refractivity contribution is -0.181. The summed E-state index contributed by atoms with van der Waals surface area (Å²) >= 11 is 0. The molecule has 4 saturated carbocycles. The molecule has 5 rings (SSSR count). The van der Waals surface area contributed by atoms with Gasteiger partial charge in [0.2, 0.25) is 0 Å². The van der Waals surface area contributed by atoms with Crippen LogP contribution in [-0.2, 0) is 19.1 Å². The van der Waals surface area contributed by atoms with Gasteiger partial charge in [-0.1, -0.05) is 71.8 Å². The van der Waals surface area contributed by atoms with Crippen molar-refractivity contribution in [1.82, 2.24) is 0 Å². The Morgan fingerprint density at radius 1 is 0.875 bits per heavy atom. The standard InChI is InChI=1S/C34H50O6/c1-19-11-16-34(29(38)39)18-17-32(7)22(26(34)20(19)2)9-10-24-31(6)14-13-25(40-28(37)21(3)27(35)36)30(4,5)23(31)12-15-33(24,32)8/h9-10,19-21,23,25-26H,11-18H2,1-8H3,(H,35,36)(H,38,39)/t19-,20+,21?,23+,25+,26+,31+,32-,33-,34+/m1/s1. The van der Waals surface area contributed by atoms with E-state index in [0.717, 1.165) is 44.9 Å². The lowest BCUT2D eigenvalue weighted by Crippen LogP contribution is -2.62. The number of esters is 1. The summed E-state index contributed by atoms with van der Waals surface area (Å²) < 4.78 is 5.90. The van der Waals surface area contributed by atoms with Gasteiger partial charge in [0.25, 0.3) is 0 Å². The van der Waals surface area contributed by atoms with Crippen molar-refractivity contribution in [3.05, 3.63) is 23.3 Å². The van der Waals surface area contributed by atoms with Gasteiger partial charge in [-0.05, 0) is 98.2 Å². The van der Waals surface area contributed by atoms with Crippen molar-refractivity contribution in [2.75, 3.05) is 0 Å². The molecule has 0 aromatic heterocycles. The fourth-order valence-corrected chi connectivity index (χ4v) is 10.7. The van der Waals surface area contributed by atoms with Gasteiger partial charge < -0.3 is 14.9 Å². The van der Waals surface area contributed by atoms with Crippen LogP contribution in [0.3, 0.4) is 0 Å². The number of rotatable bonds is 4. The van der Waals surface area contributed by atoms with Gasteiger partial charge in [-0.25, -0.2) is 0 Å². The van der Waals surface area contributed by atoms with E-state index in [1.165, 1.54) is 18.1 Å². The van der Waals surface area contributed by atoms with Crippen molar-refractivity contribution in [3.8, 4) is 0 Å². The Kier molecular flexibility index (Phi) is 6.75. The molecule has 0 aromatic rings. The van der Waals surface area contributed by atoms with Gasteiger partial charge in [0.1, 0.15) is 6.10 Å². The van der Waals surface area contributed by atoms with E-state index in [9.17, 15) is 24.6 Å². The predicted molar refractivity (Wildman–Crippen MR) is 153 cm³/mol. The van der Waals surface area contributed by atoms with E-state index < -0.39 is 29.2 Å². The number of carbonyl (C=O) groups excluding carboxylic acids is 1. The van der Waals surface area contributed by atoms with Crippen LogP contribution < -0.4 is 0 Å². The average Bonchev–Trinajstić information content (AvgIpc) is 2.87. The number of carboxylic acids is 2. The fourth-order valence-electron chi connectivity index (χ4n) is 10.7. The zero-order valence-corrected chi connectivity index (χ0v) is 25.8. The number of carbonyl (C=O) groups is 3. The normalized spacial score (nSPS) is 46.2. The molecule has 5 aliphatic rings. The van der Waals surface area contributed by atoms with Gasteiger partial charge in [-0.3, -0.25) is 14.4 Å². The Morgan fingerprint density at radius 2 is 1.55 bits per heavy atom. The first kappa shape index (κ1) is 29.4. The minimum Gasteiger partial charge on any atom is -0.481 e. The van der Waals surface area contributed by atoms with E-state index in [4.69, 9.17) is 4.74 Å². The Labute approximate surface area is 240 Å². The van der Waals surface area contributed by atoms with Gasteiger partial charge in [-0.2, -0.15) is 0 Å². The van der Waals surface area contributed by atoms with Crippen LogP contribution in [0.1, 0.15) is 107 Å². The average molecular weight is 555 g/mol. The van der Waals surface area contributed by atoms with Crippen molar-refractivity contribution in [2.45, 2.75) is 113 Å². The largest absolute Gasteiger partial charge is 0.481 e. The van der Waals surface area contributed by atoms with E-state index in [1.807, 2.05) is 0 Å². The molecule has 0 amide bonds. The number of fused-ring (bicyclic) bond motifs is 7. The van der Waals surface area contributed by atoms with E-state index in [-0.39, 0.29) is 33.7 Å². The van der Waals surface area contributed by atoms with Gasteiger partial charge >= 0.3 is 17.9 Å². The first-order chi connectivity index (χ1) is 18.5. The first-order valence-corrected chi connectivity index (χ1v) is 15.6. The smallest absolute Gasteiger partial charge is 0.320 e. The molecule has 222 valence electrons. The molecule has 10 atom stereocenters. The number of allylic oxidation sites excluding steroid dienone is 4. The first-order valence-electron chi connectivity index (χ1n) is 15.6. The van der Waals surface area contributed by atoms with Gasteiger partial charge in [0, 0.05) is 5.41 Å². The van der Waals surface area contributed by atoms with Crippen LogP contribution >= 0.6 is 0 Å². The predicted octanol–water partition coefficient (Wildman–Crippen LogP) is 7.28. The third kappa shape index (κ3) is 3.68. The second-order valence-electron chi connectivity index (χ2n) is 15.5. The van der Waals surface area contributed by atoms with Crippen molar-refractivity contribution in [1.29, 1.82) is 0 Å². The summed E-state index contributed by atoms with van der Waals surface area (Å²) in [5.74, 6) is -2.38.